The molecule has 3 N–H and O–H groups in total. The van der Waals surface area contributed by atoms with E-state index in [9.17, 15) is 22.0 Å². The lowest BCUT2D eigenvalue weighted by molar-refractivity contribution is -0.137. The number of anilines is 2. The summed E-state index contributed by atoms with van der Waals surface area (Å²) in [6.45, 7) is 1.60. The minimum absolute atomic E-state index is 0.0100. The van der Waals surface area contributed by atoms with Crippen LogP contribution in [0.15, 0.2) is 29.3 Å². The highest BCUT2D eigenvalue weighted by Crippen LogP contribution is 2.49. The van der Waals surface area contributed by atoms with E-state index in [1.165, 1.54) is 19.2 Å². The van der Waals surface area contributed by atoms with Gasteiger partial charge in [0.1, 0.15) is 30.7 Å². The SMILES string of the molecule is Cc1cc(N)nc(-c2cc3c4c(c2Cl)NCN=C4N(C)C=C(OC[C@@]24CCCN2CC(F)(F)C4)O3)c1C(F)(F)F. The fourth-order valence-corrected chi connectivity index (χ4v) is 6.49. The van der Waals surface area contributed by atoms with Crippen molar-refractivity contribution in [3.05, 3.63) is 46.0 Å². The van der Waals surface area contributed by atoms with Crippen LogP contribution in [0.4, 0.5) is 33.5 Å². The Balaban J connectivity index is 1.42. The van der Waals surface area contributed by atoms with Crippen LogP contribution in [0, 0.1) is 6.92 Å². The number of nitrogens with two attached hydrogens (primary N) is 1. The van der Waals surface area contributed by atoms with Crippen molar-refractivity contribution >= 4 is 28.9 Å². The van der Waals surface area contributed by atoms with E-state index in [4.69, 9.17) is 26.8 Å². The summed E-state index contributed by atoms with van der Waals surface area (Å²) in [5.41, 5.74) is 4.18. The predicted molar refractivity (Wildman–Crippen MR) is 139 cm³/mol. The van der Waals surface area contributed by atoms with Crippen molar-refractivity contribution in [3.63, 3.8) is 0 Å². The van der Waals surface area contributed by atoms with Crippen LogP contribution in [0.1, 0.15) is 36.0 Å². The molecule has 214 valence electrons. The number of halogens is 6. The monoisotopic (exact) mass is 584 g/mol. The fourth-order valence-electron chi connectivity index (χ4n) is 6.18. The van der Waals surface area contributed by atoms with E-state index in [0.717, 1.165) is 12.5 Å². The van der Waals surface area contributed by atoms with Crippen LogP contribution in [0.25, 0.3) is 11.3 Å². The maximum Gasteiger partial charge on any atom is 0.418 e. The maximum absolute atomic E-state index is 14.3. The van der Waals surface area contributed by atoms with Gasteiger partial charge in [-0.05, 0) is 44.0 Å². The Bertz CT molecular complexity index is 1460. The van der Waals surface area contributed by atoms with E-state index >= 15 is 0 Å². The summed E-state index contributed by atoms with van der Waals surface area (Å²) in [4.78, 5) is 11.9. The quantitative estimate of drug-likeness (QED) is 0.462. The minimum atomic E-state index is -4.74. The first-order valence-electron chi connectivity index (χ1n) is 12.7. The molecule has 0 bridgehead atoms. The zero-order chi connectivity index (χ0) is 28.6. The highest BCUT2D eigenvalue weighted by Gasteiger charge is 2.57. The van der Waals surface area contributed by atoms with Gasteiger partial charge in [-0.25, -0.2) is 18.8 Å². The third-order valence-corrected chi connectivity index (χ3v) is 8.18. The number of benzene rings is 1. The van der Waals surface area contributed by atoms with Gasteiger partial charge in [-0.3, -0.25) is 4.90 Å². The zero-order valence-corrected chi connectivity index (χ0v) is 22.4. The highest BCUT2D eigenvalue weighted by atomic mass is 35.5. The van der Waals surface area contributed by atoms with Crippen molar-refractivity contribution in [2.75, 3.05) is 44.5 Å². The van der Waals surface area contributed by atoms with Crippen LogP contribution >= 0.6 is 11.6 Å². The highest BCUT2D eigenvalue weighted by molar-refractivity contribution is 6.37. The Hall–Kier alpha value is -3.32. The Morgan fingerprint density at radius 1 is 1.27 bits per heavy atom. The Labute approximate surface area is 231 Å². The van der Waals surface area contributed by atoms with Gasteiger partial charge in [0.25, 0.3) is 5.92 Å². The third kappa shape index (κ3) is 4.39. The molecule has 0 unspecified atom stereocenters. The maximum atomic E-state index is 14.3. The number of nitrogens with one attached hydrogen (secondary N) is 1. The first kappa shape index (κ1) is 26.9. The Kier molecular flexibility index (Phi) is 6.11. The number of fused-ring (bicyclic) bond motifs is 1. The van der Waals surface area contributed by atoms with Gasteiger partial charge in [-0.1, -0.05) is 11.6 Å². The molecule has 4 aliphatic heterocycles. The molecule has 14 heteroatoms. The number of nitrogens with zero attached hydrogens (tertiary/aromatic N) is 4. The van der Waals surface area contributed by atoms with E-state index in [1.807, 2.05) is 0 Å². The van der Waals surface area contributed by atoms with Crippen LogP contribution in [-0.4, -0.2) is 65.5 Å². The molecule has 1 aromatic heterocycles. The second kappa shape index (κ2) is 9.10. The van der Waals surface area contributed by atoms with Crippen LogP contribution in [0.5, 0.6) is 5.75 Å². The average Bonchev–Trinajstić information content (AvgIpc) is 3.29. The Morgan fingerprint density at radius 2 is 2.05 bits per heavy atom. The number of amidine groups is 1. The number of aromatic nitrogens is 1. The number of hydrogen-bond donors (Lipinski definition) is 2. The smallest absolute Gasteiger partial charge is 0.418 e. The zero-order valence-electron chi connectivity index (χ0n) is 21.6. The number of nitrogen functional groups attached to an aromatic ring is 1. The summed E-state index contributed by atoms with van der Waals surface area (Å²) in [6.07, 6.45) is -2.19. The summed E-state index contributed by atoms with van der Waals surface area (Å²) in [5.74, 6) is -2.37. The first-order chi connectivity index (χ1) is 18.8. The van der Waals surface area contributed by atoms with E-state index in [1.54, 1.807) is 16.8 Å². The van der Waals surface area contributed by atoms with Crippen LogP contribution in [0.3, 0.4) is 0 Å². The van der Waals surface area contributed by atoms with Gasteiger partial charge in [0.2, 0.25) is 0 Å². The number of rotatable bonds is 4. The second-order valence-corrected chi connectivity index (χ2v) is 11.0. The fraction of sp³-hybridized carbons (Fsp3) is 0.462. The topological polar surface area (TPSA) is 88.2 Å². The third-order valence-electron chi connectivity index (χ3n) is 7.79. The van der Waals surface area contributed by atoms with Gasteiger partial charge in [-0.2, -0.15) is 13.2 Å². The van der Waals surface area contributed by atoms with Crippen LogP contribution in [0.2, 0.25) is 5.02 Å². The second-order valence-electron chi connectivity index (χ2n) is 10.6. The molecule has 0 amide bonds. The molecule has 2 saturated heterocycles. The molecule has 1 atom stereocenters. The number of aliphatic imine (C=N–C) groups is 1. The van der Waals surface area contributed by atoms with Gasteiger partial charge >= 0.3 is 12.1 Å². The van der Waals surface area contributed by atoms with Crippen molar-refractivity contribution in [1.82, 2.24) is 14.8 Å². The molecule has 40 heavy (non-hydrogen) atoms. The molecular weight excluding hydrogens is 559 g/mol. The minimum Gasteiger partial charge on any atom is -0.462 e. The summed E-state index contributed by atoms with van der Waals surface area (Å²) in [6, 6.07) is 2.50. The van der Waals surface area contributed by atoms with Crippen molar-refractivity contribution in [3.8, 4) is 17.0 Å². The number of alkyl halides is 5. The number of aryl methyl sites for hydroxylation is 1. The normalized spacial score (nSPS) is 23.4. The molecule has 5 heterocycles. The van der Waals surface area contributed by atoms with Crippen LogP contribution < -0.4 is 15.8 Å². The summed E-state index contributed by atoms with van der Waals surface area (Å²) in [7, 11) is 1.70. The first-order valence-corrected chi connectivity index (χ1v) is 13.0. The number of hydrogen-bond acceptors (Lipinski definition) is 8. The molecule has 2 aromatic rings. The lowest BCUT2D eigenvalue weighted by Crippen LogP contribution is -2.42. The van der Waals surface area contributed by atoms with E-state index < -0.39 is 28.9 Å². The van der Waals surface area contributed by atoms with Gasteiger partial charge in [0.15, 0.2) is 0 Å². The number of ether oxygens (including phenoxy) is 2. The van der Waals surface area contributed by atoms with Crippen molar-refractivity contribution < 1.29 is 31.4 Å². The van der Waals surface area contributed by atoms with E-state index in [2.05, 4.69) is 15.3 Å². The van der Waals surface area contributed by atoms with Crippen LogP contribution in [-0.2, 0) is 10.9 Å². The molecule has 0 spiro atoms. The molecule has 0 saturated carbocycles. The van der Waals surface area contributed by atoms with Gasteiger partial charge in [0.05, 0.1) is 45.8 Å². The summed E-state index contributed by atoms with van der Waals surface area (Å²) in [5, 5.41) is 3.02. The van der Waals surface area contributed by atoms with E-state index in [-0.39, 0.29) is 59.9 Å². The molecule has 0 radical (unpaired) electrons. The largest absolute Gasteiger partial charge is 0.462 e. The summed E-state index contributed by atoms with van der Waals surface area (Å²) >= 11 is 6.71. The molecule has 1 aromatic carbocycles. The lowest BCUT2D eigenvalue weighted by Gasteiger charge is -2.31. The molecular formula is C26H26ClF5N6O2. The average molecular weight is 585 g/mol. The molecule has 8 nitrogen and oxygen atoms in total. The van der Waals surface area contributed by atoms with Gasteiger partial charge in [0, 0.05) is 19.0 Å². The number of pyridine rings is 1. The standard InChI is InChI=1S/C26H26ClF5N6O2/c1-13-6-16(33)36-21(19(13)26(30,31)32)14-7-15-18-22(20(14)27)34-12-35-23(18)37(2)8-17(40-15)39-11-24-4-3-5-38(24)10-25(28,29)9-24/h6-8,34H,3-5,9-12H2,1-2H3,(H2,33,36)/t24-/m0/s1. The van der Waals surface area contributed by atoms with Crippen molar-refractivity contribution in [1.29, 1.82) is 0 Å². The van der Waals surface area contributed by atoms with Crippen molar-refractivity contribution in [2.24, 2.45) is 4.99 Å². The van der Waals surface area contributed by atoms with Crippen molar-refractivity contribution in [2.45, 2.75) is 43.8 Å². The molecule has 0 aliphatic carbocycles. The predicted octanol–water partition coefficient (Wildman–Crippen LogP) is 5.45. The molecule has 2 fully saturated rings. The summed E-state index contributed by atoms with van der Waals surface area (Å²) < 4.78 is 83.2. The lowest BCUT2D eigenvalue weighted by atomic mass is 9.94. The van der Waals surface area contributed by atoms with Gasteiger partial charge < -0.3 is 25.4 Å². The molecule has 6 rings (SSSR count). The Morgan fingerprint density at radius 3 is 2.80 bits per heavy atom. The van der Waals surface area contributed by atoms with E-state index in [0.29, 0.717) is 30.1 Å². The van der Waals surface area contributed by atoms with Gasteiger partial charge in [-0.15, -0.1) is 0 Å². The molecule has 4 aliphatic rings.